The zero-order chi connectivity index (χ0) is 14.5. The molecule has 2 N–H and O–H groups in total. The van der Waals surface area contributed by atoms with Crippen molar-refractivity contribution >= 4 is 28.7 Å². The normalized spacial score (nSPS) is 12.2. The molecule has 0 fully saturated rings. The minimum Gasteiger partial charge on any atom is -0.337 e. The van der Waals surface area contributed by atoms with E-state index in [-0.39, 0.29) is 11.9 Å². The van der Waals surface area contributed by atoms with Gasteiger partial charge in [-0.1, -0.05) is 6.92 Å². The molecule has 2 heterocycles. The number of nitrogens with zero attached hydrogens (tertiary/aromatic N) is 1. The molecule has 0 saturated carbocycles. The van der Waals surface area contributed by atoms with Crippen LogP contribution in [0.5, 0.6) is 0 Å². The van der Waals surface area contributed by atoms with E-state index in [9.17, 15) is 4.79 Å². The van der Waals surface area contributed by atoms with Crippen molar-refractivity contribution in [2.24, 2.45) is 0 Å². The van der Waals surface area contributed by atoms with Gasteiger partial charge in [0.25, 0.3) is 0 Å². The Labute approximate surface area is 127 Å². The van der Waals surface area contributed by atoms with E-state index in [2.05, 4.69) is 35.5 Å². The highest BCUT2D eigenvalue weighted by atomic mass is 32.1. The molecule has 0 saturated heterocycles. The zero-order valence-corrected chi connectivity index (χ0v) is 13.5. The topological polar surface area (TPSA) is 54.0 Å². The van der Waals surface area contributed by atoms with Crippen molar-refractivity contribution in [3.8, 4) is 0 Å². The Morgan fingerprint density at radius 2 is 2.15 bits per heavy atom. The van der Waals surface area contributed by atoms with Crippen LogP contribution in [-0.2, 0) is 6.54 Å². The highest BCUT2D eigenvalue weighted by molar-refractivity contribution is 7.11. The molecule has 2 aromatic heterocycles. The average Bonchev–Trinajstić information content (AvgIpc) is 3.02. The smallest absolute Gasteiger partial charge is 0.315 e. The van der Waals surface area contributed by atoms with E-state index in [1.807, 2.05) is 18.4 Å². The van der Waals surface area contributed by atoms with Gasteiger partial charge >= 0.3 is 6.03 Å². The number of amides is 2. The van der Waals surface area contributed by atoms with Crippen LogP contribution in [0.4, 0.5) is 4.79 Å². The number of rotatable bonds is 5. The minimum atomic E-state index is -0.129. The van der Waals surface area contributed by atoms with E-state index in [1.165, 1.54) is 9.75 Å². The predicted octanol–water partition coefficient (Wildman–Crippen LogP) is 3.42. The van der Waals surface area contributed by atoms with Crippen LogP contribution in [-0.4, -0.2) is 17.6 Å². The summed E-state index contributed by atoms with van der Waals surface area (Å²) in [5, 5.41) is 8.86. The van der Waals surface area contributed by atoms with Crippen LogP contribution >= 0.6 is 22.7 Å². The highest BCUT2D eigenvalue weighted by Crippen LogP contribution is 2.18. The predicted molar refractivity (Wildman–Crippen MR) is 84.6 cm³/mol. The third-order valence-electron chi connectivity index (χ3n) is 2.85. The lowest BCUT2D eigenvalue weighted by Crippen LogP contribution is -2.36. The second kappa shape index (κ2) is 6.85. The molecule has 2 amide bonds. The van der Waals surface area contributed by atoms with Crippen LogP contribution in [0.25, 0.3) is 0 Å². The number of carbonyl (C=O) groups excluding carboxylic acids is 1. The Kier molecular flexibility index (Phi) is 5.14. The summed E-state index contributed by atoms with van der Waals surface area (Å²) in [6.45, 7) is 7.29. The van der Waals surface area contributed by atoms with Gasteiger partial charge in [-0.3, -0.25) is 0 Å². The summed E-state index contributed by atoms with van der Waals surface area (Å²) in [6.07, 6.45) is 0. The van der Waals surface area contributed by atoms with E-state index in [0.717, 1.165) is 10.7 Å². The first-order valence-corrected chi connectivity index (χ1v) is 8.23. The lowest BCUT2D eigenvalue weighted by molar-refractivity contribution is 0.240. The molecular formula is C14H19N3OS2. The number of carbonyl (C=O) groups is 1. The summed E-state index contributed by atoms with van der Waals surface area (Å²) < 4.78 is 0. The first kappa shape index (κ1) is 15.0. The van der Waals surface area contributed by atoms with Crippen molar-refractivity contribution in [1.82, 2.24) is 15.6 Å². The molecule has 0 aliphatic rings. The van der Waals surface area contributed by atoms with E-state index in [1.54, 1.807) is 22.7 Å². The van der Waals surface area contributed by atoms with Gasteiger partial charge in [-0.2, -0.15) is 0 Å². The second-order valence-electron chi connectivity index (χ2n) is 4.80. The molecule has 2 rings (SSSR count). The number of thiazole rings is 1. The molecule has 1 atom stereocenters. The molecule has 0 aromatic carbocycles. The van der Waals surface area contributed by atoms with Crippen molar-refractivity contribution in [2.75, 3.05) is 6.54 Å². The monoisotopic (exact) mass is 309 g/mol. The Morgan fingerprint density at radius 3 is 2.75 bits per heavy atom. The average molecular weight is 309 g/mol. The third kappa shape index (κ3) is 4.31. The number of aromatic nitrogens is 1. The van der Waals surface area contributed by atoms with Crippen LogP contribution in [0.15, 0.2) is 17.5 Å². The van der Waals surface area contributed by atoms with E-state index < -0.39 is 0 Å². The Hall–Kier alpha value is -1.40. The molecular weight excluding hydrogens is 290 g/mol. The van der Waals surface area contributed by atoms with Gasteiger partial charge in [0.05, 0.1) is 11.6 Å². The fourth-order valence-electron chi connectivity index (χ4n) is 1.74. The fourth-order valence-corrected chi connectivity index (χ4v) is 3.43. The number of nitrogens with one attached hydrogen (secondary N) is 2. The maximum atomic E-state index is 11.7. The quantitative estimate of drug-likeness (QED) is 0.889. The van der Waals surface area contributed by atoms with Gasteiger partial charge in [0.2, 0.25) is 0 Å². The molecule has 0 radical (unpaired) electrons. The maximum absolute atomic E-state index is 11.7. The number of hydrogen-bond acceptors (Lipinski definition) is 4. The first-order chi connectivity index (χ1) is 9.54. The summed E-state index contributed by atoms with van der Waals surface area (Å²) in [7, 11) is 0. The van der Waals surface area contributed by atoms with Gasteiger partial charge in [-0.15, -0.1) is 22.7 Å². The molecule has 0 aliphatic carbocycles. The summed E-state index contributed by atoms with van der Waals surface area (Å²) in [6, 6.07) is 3.98. The van der Waals surface area contributed by atoms with E-state index in [4.69, 9.17) is 0 Å². The molecule has 4 nitrogen and oxygen atoms in total. The molecule has 108 valence electrons. The van der Waals surface area contributed by atoms with Gasteiger partial charge < -0.3 is 10.6 Å². The van der Waals surface area contributed by atoms with Crippen molar-refractivity contribution < 1.29 is 4.79 Å². The standard InChI is InChI=1S/C14H19N3OS2/c1-9(13-17-10(2)8-19-13)6-15-14(18)16-7-12-5-4-11(3)20-12/h4-5,8-9H,6-7H2,1-3H3,(H2,15,16,18)/t9-/m1/s1. The molecule has 6 heteroatoms. The van der Waals surface area contributed by atoms with Gasteiger partial charge in [-0.25, -0.2) is 9.78 Å². The van der Waals surface area contributed by atoms with E-state index in [0.29, 0.717) is 13.1 Å². The maximum Gasteiger partial charge on any atom is 0.315 e. The number of thiophene rings is 1. The third-order valence-corrected chi connectivity index (χ3v) is 5.04. The molecule has 2 aromatic rings. The van der Waals surface area contributed by atoms with Crippen LogP contribution in [0.3, 0.4) is 0 Å². The second-order valence-corrected chi connectivity index (χ2v) is 7.07. The van der Waals surface area contributed by atoms with Crippen molar-refractivity contribution in [3.05, 3.63) is 38.0 Å². The van der Waals surface area contributed by atoms with Crippen molar-refractivity contribution in [2.45, 2.75) is 33.2 Å². The lowest BCUT2D eigenvalue weighted by atomic mass is 10.2. The summed E-state index contributed by atoms with van der Waals surface area (Å²) >= 11 is 3.34. The van der Waals surface area contributed by atoms with Crippen LogP contribution < -0.4 is 10.6 Å². The Balaban J connectivity index is 1.72. The largest absolute Gasteiger partial charge is 0.337 e. The minimum absolute atomic E-state index is 0.129. The molecule has 20 heavy (non-hydrogen) atoms. The SMILES string of the molecule is Cc1csc([C@H](C)CNC(=O)NCc2ccc(C)s2)n1. The fraction of sp³-hybridized carbons (Fsp3) is 0.429. The Morgan fingerprint density at radius 1 is 1.35 bits per heavy atom. The lowest BCUT2D eigenvalue weighted by Gasteiger charge is -2.10. The Bertz CT molecular complexity index is 576. The summed E-state index contributed by atoms with van der Waals surface area (Å²) in [5.74, 6) is 0.239. The first-order valence-electron chi connectivity index (χ1n) is 6.53. The van der Waals surface area contributed by atoms with Crippen LogP contribution in [0, 0.1) is 13.8 Å². The summed E-state index contributed by atoms with van der Waals surface area (Å²) in [4.78, 5) is 18.6. The number of urea groups is 1. The molecule has 0 spiro atoms. The van der Waals surface area contributed by atoms with Gasteiger partial charge in [0.1, 0.15) is 0 Å². The molecule has 0 bridgehead atoms. The molecule has 0 aliphatic heterocycles. The van der Waals surface area contributed by atoms with Gasteiger partial charge in [-0.05, 0) is 26.0 Å². The van der Waals surface area contributed by atoms with Gasteiger partial charge in [0, 0.05) is 33.3 Å². The van der Waals surface area contributed by atoms with Crippen molar-refractivity contribution in [3.63, 3.8) is 0 Å². The summed E-state index contributed by atoms with van der Waals surface area (Å²) in [5.41, 5.74) is 1.04. The van der Waals surface area contributed by atoms with Crippen molar-refractivity contribution in [1.29, 1.82) is 0 Å². The molecule has 0 unspecified atom stereocenters. The zero-order valence-electron chi connectivity index (χ0n) is 11.9. The van der Waals surface area contributed by atoms with Gasteiger partial charge in [0.15, 0.2) is 0 Å². The van der Waals surface area contributed by atoms with Crippen LogP contribution in [0.2, 0.25) is 0 Å². The highest BCUT2D eigenvalue weighted by Gasteiger charge is 2.11. The number of aryl methyl sites for hydroxylation is 2. The number of hydrogen-bond donors (Lipinski definition) is 2. The van der Waals surface area contributed by atoms with Crippen LogP contribution in [0.1, 0.15) is 33.3 Å². The van der Waals surface area contributed by atoms with E-state index >= 15 is 0 Å².